The van der Waals surface area contributed by atoms with Crippen molar-refractivity contribution in [2.75, 3.05) is 14.2 Å². The second kappa shape index (κ2) is 6.98. The molecule has 0 amide bonds. The topological polar surface area (TPSA) is 21.3 Å². The van der Waals surface area contributed by atoms with Crippen LogP contribution in [0.15, 0.2) is 36.4 Å². The molecule has 0 aliphatic rings. The molecule has 106 valence electrons. The van der Waals surface area contributed by atoms with Gasteiger partial charge in [-0.25, -0.2) is 0 Å². The zero-order valence-electron chi connectivity index (χ0n) is 11.1. The lowest BCUT2D eigenvalue weighted by Gasteiger charge is -2.19. The number of benzene rings is 2. The first-order valence-corrected chi connectivity index (χ1v) is 7.86. The van der Waals surface area contributed by atoms with Crippen LogP contribution in [0.5, 0.6) is 5.75 Å². The molecule has 2 rings (SSSR count). The Hall–Kier alpha value is -0.490. The van der Waals surface area contributed by atoms with Crippen LogP contribution in [-0.2, 0) is 0 Å². The van der Waals surface area contributed by atoms with E-state index in [1.807, 2.05) is 37.4 Å². The summed E-state index contributed by atoms with van der Waals surface area (Å²) in [5.41, 5.74) is 2.07. The molecule has 0 aliphatic carbocycles. The molecule has 0 bridgehead atoms. The summed E-state index contributed by atoms with van der Waals surface area (Å²) < 4.78 is 6.21. The average molecular weight is 422 g/mol. The highest BCUT2D eigenvalue weighted by Gasteiger charge is 2.16. The van der Waals surface area contributed by atoms with Crippen LogP contribution in [0.3, 0.4) is 0 Å². The van der Waals surface area contributed by atoms with Crippen molar-refractivity contribution in [3.05, 3.63) is 61.1 Å². The van der Waals surface area contributed by atoms with E-state index in [9.17, 15) is 0 Å². The fraction of sp³-hybridized carbons (Fsp3) is 0.200. The molecule has 0 aliphatic heterocycles. The number of methoxy groups -OCH3 is 1. The normalized spacial score (nSPS) is 12.2. The minimum absolute atomic E-state index is 0.0112. The third-order valence-electron chi connectivity index (χ3n) is 3.08. The second-order valence-electron chi connectivity index (χ2n) is 4.28. The Balaban J connectivity index is 2.43. The molecule has 1 atom stereocenters. The van der Waals surface area contributed by atoms with E-state index >= 15 is 0 Å². The molecule has 2 aromatic carbocycles. The maximum Gasteiger partial charge on any atom is 0.120 e. The van der Waals surface area contributed by atoms with Crippen molar-refractivity contribution >= 4 is 45.8 Å². The highest BCUT2D eigenvalue weighted by atomic mass is 127. The number of rotatable bonds is 4. The van der Waals surface area contributed by atoms with Crippen molar-refractivity contribution in [1.82, 2.24) is 5.32 Å². The van der Waals surface area contributed by atoms with E-state index in [0.29, 0.717) is 5.02 Å². The Morgan fingerprint density at radius 3 is 2.40 bits per heavy atom. The summed E-state index contributed by atoms with van der Waals surface area (Å²) in [5.74, 6) is 0.745. The van der Waals surface area contributed by atoms with E-state index in [1.165, 1.54) is 0 Å². The van der Waals surface area contributed by atoms with E-state index in [0.717, 1.165) is 25.5 Å². The predicted molar refractivity (Wildman–Crippen MR) is 93.1 cm³/mol. The Morgan fingerprint density at radius 1 is 1.10 bits per heavy atom. The first-order chi connectivity index (χ1) is 9.56. The van der Waals surface area contributed by atoms with Crippen LogP contribution in [0.25, 0.3) is 0 Å². The molecule has 2 aromatic rings. The summed E-state index contributed by atoms with van der Waals surface area (Å²) in [7, 11) is 3.52. The molecular formula is C15H14Cl2INO. The second-order valence-corrected chi connectivity index (χ2v) is 6.26. The number of nitrogens with one attached hydrogen (secondary N) is 1. The molecule has 0 saturated heterocycles. The van der Waals surface area contributed by atoms with Crippen molar-refractivity contribution < 1.29 is 4.74 Å². The van der Waals surface area contributed by atoms with E-state index in [-0.39, 0.29) is 6.04 Å². The number of hydrogen-bond donors (Lipinski definition) is 1. The molecule has 1 unspecified atom stereocenters. The smallest absolute Gasteiger partial charge is 0.120 e. The predicted octanol–water partition coefficient (Wildman–Crippen LogP) is 4.92. The molecule has 1 N–H and O–H groups in total. The number of halogens is 3. The Morgan fingerprint density at radius 2 is 1.85 bits per heavy atom. The van der Waals surface area contributed by atoms with Gasteiger partial charge in [-0.1, -0.05) is 35.3 Å². The lowest BCUT2D eigenvalue weighted by atomic mass is 9.98. The summed E-state index contributed by atoms with van der Waals surface area (Å²) >= 11 is 14.8. The van der Waals surface area contributed by atoms with Gasteiger partial charge in [0.1, 0.15) is 5.75 Å². The quantitative estimate of drug-likeness (QED) is 0.707. The van der Waals surface area contributed by atoms with Crippen LogP contribution in [0.1, 0.15) is 17.2 Å². The van der Waals surface area contributed by atoms with Gasteiger partial charge in [0.05, 0.1) is 18.2 Å². The minimum atomic E-state index is -0.0112. The molecule has 2 nitrogen and oxygen atoms in total. The third-order valence-corrected chi connectivity index (χ3v) is 4.98. The molecule has 0 fully saturated rings. The fourth-order valence-electron chi connectivity index (χ4n) is 2.06. The van der Waals surface area contributed by atoms with E-state index in [2.05, 4.69) is 34.0 Å². The van der Waals surface area contributed by atoms with Crippen molar-refractivity contribution in [3.63, 3.8) is 0 Å². The van der Waals surface area contributed by atoms with Gasteiger partial charge in [-0.3, -0.25) is 0 Å². The van der Waals surface area contributed by atoms with E-state index in [4.69, 9.17) is 27.9 Å². The SMILES string of the molecule is CNC(c1ccc(I)c(Cl)c1)c1ccc(OC)cc1Cl. The molecule has 0 radical (unpaired) electrons. The van der Waals surface area contributed by atoms with Gasteiger partial charge < -0.3 is 10.1 Å². The highest BCUT2D eigenvalue weighted by Crippen LogP contribution is 2.32. The van der Waals surface area contributed by atoms with Gasteiger partial charge in [0.2, 0.25) is 0 Å². The minimum Gasteiger partial charge on any atom is -0.497 e. The van der Waals surface area contributed by atoms with E-state index < -0.39 is 0 Å². The van der Waals surface area contributed by atoms with Gasteiger partial charge in [-0.2, -0.15) is 0 Å². The zero-order valence-corrected chi connectivity index (χ0v) is 14.8. The lowest BCUT2D eigenvalue weighted by molar-refractivity contribution is 0.414. The fourth-order valence-corrected chi connectivity index (χ4v) is 2.87. The third kappa shape index (κ3) is 3.39. The Labute approximate surface area is 142 Å². The molecular weight excluding hydrogens is 408 g/mol. The van der Waals surface area contributed by atoms with Gasteiger partial charge in [-0.05, 0) is 65.0 Å². The summed E-state index contributed by atoms with van der Waals surface area (Å²) in [6.07, 6.45) is 0. The largest absolute Gasteiger partial charge is 0.497 e. The Bertz CT molecular complexity index is 619. The van der Waals surface area contributed by atoms with E-state index in [1.54, 1.807) is 7.11 Å². The van der Waals surface area contributed by atoms with Crippen LogP contribution >= 0.6 is 45.8 Å². The first kappa shape index (κ1) is 15.9. The summed E-state index contributed by atoms with van der Waals surface area (Å²) in [6, 6.07) is 11.7. The maximum absolute atomic E-state index is 6.35. The van der Waals surface area contributed by atoms with Gasteiger partial charge in [0.15, 0.2) is 0 Å². The van der Waals surface area contributed by atoms with Gasteiger partial charge in [0.25, 0.3) is 0 Å². The lowest BCUT2D eigenvalue weighted by Crippen LogP contribution is -2.18. The van der Waals surface area contributed by atoms with Crippen molar-refractivity contribution in [3.8, 4) is 5.75 Å². The van der Waals surface area contributed by atoms with Crippen LogP contribution in [0.2, 0.25) is 10.0 Å². The average Bonchev–Trinajstić information content (AvgIpc) is 2.45. The summed E-state index contributed by atoms with van der Waals surface area (Å²) in [4.78, 5) is 0. The number of hydrogen-bond acceptors (Lipinski definition) is 2. The Kier molecular flexibility index (Phi) is 5.55. The molecule has 5 heteroatoms. The van der Waals surface area contributed by atoms with Crippen LogP contribution < -0.4 is 10.1 Å². The molecule has 20 heavy (non-hydrogen) atoms. The van der Waals surface area contributed by atoms with Gasteiger partial charge >= 0.3 is 0 Å². The standard InChI is InChI=1S/C15H14Cl2INO/c1-19-15(9-3-6-14(18)13(17)7-9)11-5-4-10(20-2)8-12(11)16/h3-8,15,19H,1-2H3. The van der Waals surface area contributed by atoms with Gasteiger partial charge in [-0.15, -0.1) is 0 Å². The molecule has 0 aromatic heterocycles. The number of ether oxygens (including phenoxy) is 1. The van der Waals surface area contributed by atoms with Crippen LogP contribution in [0.4, 0.5) is 0 Å². The van der Waals surface area contributed by atoms with Crippen LogP contribution in [-0.4, -0.2) is 14.2 Å². The first-order valence-electron chi connectivity index (χ1n) is 6.02. The summed E-state index contributed by atoms with van der Waals surface area (Å²) in [6.45, 7) is 0. The van der Waals surface area contributed by atoms with Crippen molar-refractivity contribution in [2.24, 2.45) is 0 Å². The van der Waals surface area contributed by atoms with Crippen molar-refractivity contribution in [2.45, 2.75) is 6.04 Å². The zero-order chi connectivity index (χ0) is 14.7. The van der Waals surface area contributed by atoms with Crippen LogP contribution in [0, 0.1) is 3.57 Å². The highest BCUT2D eigenvalue weighted by molar-refractivity contribution is 14.1. The molecule has 0 heterocycles. The molecule has 0 saturated carbocycles. The molecule has 0 spiro atoms. The maximum atomic E-state index is 6.35. The van der Waals surface area contributed by atoms with Gasteiger partial charge in [0, 0.05) is 8.59 Å². The summed E-state index contributed by atoms with van der Waals surface area (Å²) in [5, 5.41) is 4.68. The monoisotopic (exact) mass is 421 g/mol. The van der Waals surface area contributed by atoms with Crippen molar-refractivity contribution in [1.29, 1.82) is 0 Å².